The Bertz CT molecular complexity index is 353. The lowest BCUT2D eigenvalue weighted by Crippen LogP contribution is -2.20. The second-order valence-electron chi connectivity index (χ2n) is 4.04. The molecular weight excluding hydrogens is 242 g/mol. The second kappa shape index (κ2) is 5.73. The van der Waals surface area contributed by atoms with Crippen molar-refractivity contribution >= 4 is 29.2 Å². The smallest absolute Gasteiger partial charge is 0.224 e. The maximum Gasteiger partial charge on any atom is 0.224 e. The normalized spacial score (nSPS) is 20.8. The van der Waals surface area contributed by atoms with Gasteiger partial charge in [0.25, 0.3) is 0 Å². The maximum atomic E-state index is 5.77. The fourth-order valence-electron chi connectivity index (χ4n) is 1.78. The predicted molar refractivity (Wildman–Crippen MR) is 70.4 cm³/mol. The first kappa shape index (κ1) is 12.0. The number of thioether (sulfide) groups is 1. The van der Waals surface area contributed by atoms with Crippen LogP contribution in [0.5, 0.6) is 0 Å². The van der Waals surface area contributed by atoms with Crippen molar-refractivity contribution in [2.45, 2.75) is 31.4 Å². The second-order valence-corrected chi connectivity index (χ2v) is 5.79. The summed E-state index contributed by atoms with van der Waals surface area (Å²) in [4.78, 5) is 8.13. The topological polar surface area (TPSA) is 37.8 Å². The first-order valence-corrected chi connectivity index (χ1v) is 7.03. The van der Waals surface area contributed by atoms with E-state index in [0.29, 0.717) is 10.5 Å². The Morgan fingerprint density at radius 3 is 3.19 bits per heavy atom. The first-order chi connectivity index (χ1) is 7.75. The van der Waals surface area contributed by atoms with Crippen molar-refractivity contribution in [1.29, 1.82) is 0 Å². The highest BCUT2D eigenvalue weighted by Crippen LogP contribution is 2.25. The maximum absolute atomic E-state index is 5.77. The zero-order chi connectivity index (χ0) is 11.4. The Labute approximate surface area is 105 Å². The molecule has 1 aromatic rings. The standard InChI is InChI=1S/C11H16ClN3S/c1-8-6-14-11(12)15-10(8)13-7-9-4-2-3-5-16-9/h6,9H,2-5,7H2,1H3,(H,13,14,15). The van der Waals surface area contributed by atoms with Crippen LogP contribution in [0.2, 0.25) is 5.28 Å². The molecule has 1 N–H and O–H groups in total. The average molecular weight is 258 g/mol. The van der Waals surface area contributed by atoms with Gasteiger partial charge in [-0.1, -0.05) is 6.42 Å². The van der Waals surface area contributed by atoms with E-state index in [1.54, 1.807) is 6.20 Å². The molecule has 1 aliphatic heterocycles. The fourth-order valence-corrected chi connectivity index (χ4v) is 3.15. The summed E-state index contributed by atoms with van der Waals surface area (Å²) in [5.41, 5.74) is 1.05. The quantitative estimate of drug-likeness (QED) is 0.845. The lowest BCUT2D eigenvalue weighted by Gasteiger charge is -2.22. The third-order valence-corrected chi connectivity index (χ3v) is 4.29. The molecule has 0 amide bonds. The number of nitrogens with one attached hydrogen (secondary N) is 1. The predicted octanol–water partition coefficient (Wildman–Crippen LogP) is 3.14. The van der Waals surface area contributed by atoms with Gasteiger partial charge in [0.15, 0.2) is 0 Å². The molecule has 2 heterocycles. The van der Waals surface area contributed by atoms with Gasteiger partial charge in [-0.15, -0.1) is 0 Å². The van der Waals surface area contributed by atoms with E-state index in [9.17, 15) is 0 Å². The lowest BCUT2D eigenvalue weighted by atomic mass is 10.2. The molecule has 0 spiro atoms. The highest BCUT2D eigenvalue weighted by molar-refractivity contribution is 7.99. The Kier molecular flexibility index (Phi) is 4.29. The minimum Gasteiger partial charge on any atom is -0.369 e. The van der Waals surface area contributed by atoms with Crippen molar-refractivity contribution in [3.63, 3.8) is 0 Å². The van der Waals surface area contributed by atoms with Gasteiger partial charge >= 0.3 is 0 Å². The molecular formula is C11H16ClN3S. The summed E-state index contributed by atoms with van der Waals surface area (Å²) >= 11 is 7.82. The molecule has 88 valence electrons. The number of halogens is 1. The fraction of sp³-hybridized carbons (Fsp3) is 0.636. The van der Waals surface area contributed by atoms with Crippen LogP contribution in [0, 0.1) is 6.92 Å². The molecule has 16 heavy (non-hydrogen) atoms. The SMILES string of the molecule is Cc1cnc(Cl)nc1NCC1CCCCS1. The molecule has 3 nitrogen and oxygen atoms in total. The molecule has 1 unspecified atom stereocenters. The summed E-state index contributed by atoms with van der Waals surface area (Å²) in [5.74, 6) is 2.15. The number of aryl methyl sites for hydroxylation is 1. The van der Waals surface area contributed by atoms with Crippen LogP contribution in [0.4, 0.5) is 5.82 Å². The van der Waals surface area contributed by atoms with Gasteiger partial charge in [0.1, 0.15) is 5.82 Å². The van der Waals surface area contributed by atoms with Gasteiger partial charge in [0.05, 0.1) is 0 Å². The Morgan fingerprint density at radius 1 is 1.56 bits per heavy atom. The number of hydrogen-bond donors (Lipinski definition) is 1. The number of hydrogen-bond acceptors (Lipinski definition) is 4. The van der Waals surface area contributed by atoms with Crippen LogP contribution in [0.15, 0.2) is 6.20 Å². The monoisotopic (exact) mass is 257 g/mol. The van der Waals surface area contributed by atoms with Crippen molar-refractivity contribution < 1.29 is 0 Å². The Balaban J connectivity index is 1.90. The molecule has 1 saturated heterocycles. The van der Waals surface area contributed by atoms with Crippen LogP contribution >= 0.6 is 23.4 Å². The summed E-state index contributed by atoms with van der Waals surface area (Å²) in [5, 5.41) is 4.39. The zero-order valence-electron chi connectivity index (χ0n) is 9.37. The van der Waals surface area contributed by atoms with E-state index in [0.717, 1.165) is 17.9 Å². The molecule has 0 bridgehead atoms. The molecule has 5 heteroatoms. The molecule has 1 atom stereocenters. The van der Waals surface area contributed by atoms with E-state index < -0.39 is 0 Å². The molecule has 1 aromatic heterocycles. The molecule has 0 aliphatic carbocycles. The lowest BCUT2D eigenvalue weighted by molar-refractivity contribution is 0.676. The van der Waals surface area contributed by atoms with E-state index in [1.165, 1.54) is 25.0 Å². The van der Waals surface area contributed by atoms with Crippen LogP contribution in [0.1, 0.15) is 24.8 Å². The molecule has 0 aromatic carbocycles. The first-order valence-electron chi connectivity index (χ1n) is 5.60. The van der Waals surface area contributed by atoms with E-state index in [4.69, 9.17) is 11.6 Å². The van der Waals surface area contributed by atoms with Crippen molar-refractivity contribution in [3.8, 4) is 0 Å². The highest BCUT2D eigenvalue weighted by atomic mass is 35.5. The van der Waals surface area contributed by atoms with Gasteiger partial charge in [0.2, 0.25) is 5.28 Å². The van der Waals surface area contributed by atoms with E-state index in [-0.39, 0.29) is 0 Å². The van der Waals surface area contributed by atoms with Gasteiger partial charge in [-0.05, 0) is 37.1 Å². The van der Waals surface area contributed by atoms with Crippen LogP contribution in [-0.4, -0.2) is 27.5 Å². The summed E-state index contributed by atoms with van der Waals surface area (Å²) in [6.45, 7) is 2.96. The molecule has 0 radical (unpaired) electrons. The van der Waals surface area contributed by atoms with Crippen LogP contribution < -0.4 is 5.32 Å². The van der Waals surface area contributed by atoms with Crippen LogP contribution in [-0.2, 0) is 0 Å². The average Bonchev–Trinajstić information content (AvgIpc) is 2.32. The van der Waals surface area contributed by atoms with Crippen molar-refractivity contribution in [2.75, 3.05) is 17.6 Å². The minimum atomic E-state index is 0.310. The Hall–Kier alpha value is -0.480. The highest BCUT2D eigenvalue weighted by Gasteiger charge is 2.14. The zero-order valence-corrected chi connectivity index (χ0v) is 10.9. The minimum absolute atomic E-state index is 0.310. The van der Waals surface area contributed by atoms with Crippen LogP contribution in [0.3, 0.4) is 0 Å². The summed E-state index contributed by atoms with van der Waals surface area (Å²) in [6, 6.07) is 0. The van der Waals surface area contributed by atoms with Crippen molar-refractivity contribution in [2.24, 2.45) is 0 Å². The molecule has 2 rings (SSSR count). The number of rotatable bonds is 3. The van der Waals surface area contributed by atoms with E-state index in [2.05, 4.69) is 27.0 Å². The molecule has 0 saturated carbocycles. The van der Waals surface area contributed by atoms with Crippen LogP contribution in [0.25, 0.3) is 0 Å². The molecule has 1 fully saturated rings. The van der Waals surface area contributed by atoms with Gasteiger partial charge < -0.3 is 5.32 Å². The van der Waals surface area contributed by atoms with E-state index in [1.807, 2.05) is 6.92 Å². The number of anilines is 1. The summed E-state index contributed by atoms with van der Waals surface area (Å²) in [7, 11) is 0. The number of aromatic nitrogens is 2. The van der Waals surface area contributed by atoms with Gasteiger partial charge in [-0.2, -0.15) is 11.8 Å². The van der Waals surface area contributed by atoms with Gasteiger partial charge in [-0.3, -0.25) is 0 Å². The summed E-state index contributed by atoms with van der Waals surface area (Å²) < 4.78 is 0. The third-order valence-electron chi connectivity index (χ3n) is 2.71. The van der Waals surface area contributed by atoms with Gasteiger partial charge in [0, 0.05) is 23.6 Å². The molecule has 1 aliphatic rings. The van der Waals surface area contributed by atoms with E-state index >= 15 is 0 Å². The summed E-state index contributed by atoms with van der Waals surface area (Å²) in [6.07, 6.45) is 5.77. The van der Waals surface area contributed by atoms with Crippen molar-refractivity contribution in [3.05, 3.63) is 17.0 Å². The van der Waals surface area contributed by atoms with Crippen molar-refractivity contribution in [1.82, 2.24) is 9.97 Å². The largest absolute Gasteiger partial charge is 0.369 e. The number of nitrogens with zero attached hydrogens (tertiary/aromatic N) is 2. The van der Waals surface area contributed by atoms with Gasteiger partial charge in [-0.25, -0.2) is 9.97 Å². The Morgan fingerprint density at radius 2 is 2.44 bits per heavy atom. The third kappa shape index (κ3) is 3.25.